The highest BCUT2D eigenvalue weighted by Gasteiger charge is 2.61. The number of alkyl halides is 3. The van der Waals surface area contributed by atoms with Crippen molar-refractivity contribution in [2.24, 2.45) is 5.92 Å². The van der Waals surface area contributed by atoms with Crippen LogP contribution in [0.2, 0.25) is 0 Å². The van der Waals surface area contributed by atoms with Gasteiger partial charge >= 0.3 is 18.1 Å². The van der Waals surface area contributed by atoms with Gasteiger partial charge in [0.2, 0.25) is 0 Å². The summed E-state index contributed by atoms with van der Waals surface area (Å²) in [6, 6.07) is 5.25. The van der Waals surface area contributed by atoms with Crippen LogP contribution in [0.4, 0.5) is 18.9 Å². The second-order valence-electron chi connectivity index (χ2n) is 6.54. The van der Waals surface area contributed by atoms with Gasteiger partial charge in [-0.15, -0.1) is 0 Å². The number of halogens is 3. The molecule has 1 aromatic rings. The monoisotopic (exact) mass is 372 g/mol. The van der Waals surface area contributed by atoms with Gasteiger partial charge in [0.15, 0.2) is 0 Å². The fourth-order valence-electron chi connectivity index (χ4n) is 3.94. The van der Waals surface area contributed by atoms with E-state index in [0.717, 1.165) is 5.56 Å². The Balaban J connectivity index is 1.86. The van der Waals surface area contributed by atoms with E-state index in [1.54, 1.807) is 18.2 Å². The first kappa shape index (κ1) is 18.3. The SMILES string of the molecule is COc1cccc2c1N[C@@]1(NC(=O)C(F)(F)F)C[C@H](CCOC(C)=O)[C@@H]21. The Morgan fingerprint density at radius 3 is 2.73 bits per heavy atom. The van der Waals surface area contributed by atoms with Gasteiger partial charge in [0.25, 0.3) is 0 Å². The smallest absolute Gasteiger partial charge is 0.471 e. The number of carbonyl (C=O) groups is 2. The van der Waals surface area contributed by atoms with Crippen LogP contribution >= 0.6 is 0 Å². The van der Waals surface area contributed by atoms with Gasteiger partial charge in [-0.05, 0) is 30.4 Å². The number of ether oxygens (including phenoxy) is 2. The number of hydrogen-bond donors (Lipinski definition) is 2. The third kappa shape index (κ3) is 3.06. The van der Waals surface area contributed by atoms with Crippen LogP contribution in [0.5, 0.6) is 5.75 Å². The maximum absolute atomic E-state index is 12.8. The minimum Gasteiger partial charge on any atom is -0.495 e. The molecule has 142 valence electrons. The number of methoxy groups -OCH3 is 1. The lowest BCUT2D eigenvalue weighted by molar-refractivity contribution is -0.177. The molecule has 1 amide bonds. The number of nitrogens with one attached hydrogen (secondary N) is 2. The third-order valence-corrected chi connectivity index (χ3v) is 4.94. The molecule has 26 heavy (non-hydrogen) atoms. The Bertz CT molecular complexity index is 737. The molecule has 1 aromatic carbocycles. The number of para-hydroxylation sites is 1. The first-order chi connectivity index (χ1) is 12.2. The van der Waals surface area contributed by atoms with Gasteiger partial charge in [0, 0.05) is 12.8 Å². The Morgan fingerprint density at radius 2 is 2.12 bits per heavy atom. The van der Waals surface area contributed by atoms with Crippen molar-refractivity contribution >= 4 is 17.6 Å². The molecule has 0 saturated heterocycles. The van der Waals surface area contributed by atoms with E-state index in [9.17, 15) is 22.8 Å². The van der Waals surface area contributed by atoms with Crippen LogP contribution in [0.1, 0.15) is 31.2 Å². The van der Waals surface area contributed by atoms with Gasteiger partial charge in [-0.25, -0.2) is 0 Å². The molecule has 9 heteroatoms. The topological polar surface area (TPSA) is 76.7 Å². The van der Waals surface area contributed by atoms with Crippen LogP contribution in [0.15, 0.2) is 18.2 Å². The summed E-state index contributed by atoms with van der Waals surface area (Å²) < 4.78 is 48.5. The van der Waals surface area contributed by atoms with Gasteiger partial charge in [-0.3, -0.25) is 9.59 Å². The van der Waals surface area contributed by atoms with Crippen LogP contribution < -0.4 is 15.4 Å². The summed E-state index contributed by atoms with van der Waals surface area (Å²) in [5, 5.41) is 5.16. The molecule has 2 N–H and O–H groups in total. The molecule has 0 aromatic heterocycles. The molecule has 3 atom stereocenters. The van der Waals surface area contributed by atoms with Gasteiger partial charge in [0.1, 0.15) is 11.4 Å². The molecule has 1 fully saturated rings. The van der Waals surface area contributed by atoms with Crippen LogP contribution in [0, 0.1) is 5.92 Å². The van der Waals surface area contributed by atoms with Gasteiger partial charge in [-0.1, -0.05) is 12.1 Å². The van der Waals surface area contributed by atoms with Crippen molar-refractivity contribution in [2.45, 2.75) is 37.5 Å². The lowest BCUT2D eigenvalue weighted by Gasteiger charge is -2.51. The number of rotatable bonds is 5. The largest absolute Gasteiger partial charge is 0.495 e. The summed E-state index contributed by atoms with van der Waals surface area (Å²) in [5.74, 6) is -2.30. The predicted molar refractivity (Wildman–Crippen MR) is 85.6 cm³/mol. The van der Waals surface area contributed by atoms with E-state index < -0.39 is 23.7 Å². The molecule has 2 aliphatic rings. The van der Waals surface area contributed by atoms with Crippen molar-refractivity contribution in [2.75, 3.05) is 19.0 Å². The first-order valence-corrected chi connectivity index (χ1v) is 8.16. The van der Waals surface area contributed by atoms with E-state index in [-0.39, 0.29) is 18.4 Å². The average Bonchev–Trinajstić information content (AvgIpc) is 2.78. The minimum absolute atomic E-state index is 0.0382. The Morgan fingerprint density at radius 1 is 1.38 bits per heavy atom. The number of esters is 1. The van der Waals surface area contributed by atoms with Gasteiger partial charge < -0.3 is 20.1 Å². The van der Waals surface area contributed by atoms with E-state index in [0.29, 0.717) is 24.3 Å². The van der Waals surface area contributed by atoms with Crippen molar-refractivity contribution in [1.82, 2.24) is 5.32 Å². The van der Waals surface area contributed by atoms with Crippen molar-refractivity contribution in [3.63, 3.8) is 0 Å². The molecule has 1 saturated carbocycles. The highest BCUT2D eigenvalue weighted by atomic mass is 19.4. The number of fused-ring (bicyclic) bond motifs is 3. The van der Waals surface area contributed by atoms with E-state index in [2.05, 4.69) is 10.6 Å². The summed E-state index contributed by atoms with van der Waals surface area (Å²) in [4.78, 5) is 22.5. The highest BCUT2D eigenvalue weighted by Crippen LogP contribution is 2.60. The molecule has 6 nitrogen and oxygen atoms in total. The summed E-state index contributed by atoms with van der Waals surface area (Å²) in [7, 11) is 1.47. The number of amides is 1. The standard InChI is InChI=1S/C17H19F3N2O4/c1-9(23)26-7-6-10-8-16(22-15(24)17(18,19)20)13(10)11-4-3-5-12(25-2)14(11)21-16/h3-5,10,13,21H,6-8H2,1-2H3,(H,22,24)/t10-,13-,16+/m0/s1. The maximum Gasteiger partial charge on any atom is 0.471 e. The van der Waals surface area contributed by atoms with E-state index >= 15 is 0 Å². The van der Waals surface area contributed by atoms with Crippen LogP contribution in [0.25, 0.3) is 0 Å². The summed E-state index contributed by atoms with van der Waals surface area (Å²) in [6.07, 6.45) is -4.19. The Kier molecular flexibility index (Phi) is 4.49. The molecule has 1 aliphatic carbocycles. The van der Waals surface area contributed by atoms with Crippen LogP contribution in [0.3, 0.4) is 0 Å². The zero-order valence-electron chi connectivity index (χ0n) is 14.3. The molecule has 0 radical (unpaired) electrons. The Hall–Kier alpha value is -2.45. The second kappa shape index (κ2) is 6.37. The lowest BCUT2D eigenvalue weighted by Crippen LogP contribution is -2.66. The molecule has 0 unspecified atom stereocenters. The van der Waals surface area contributed by atoms with Crippen LogP contribution in [-0.4, -0.2) is 37.4 Å². The van der Waals surface area contributed by atoms with Gasteiger partial charge in [-0.2, -0.15) is 13.2 Å². The molecule has 3 rings (SSSR count). The van der Waals surface area contributed by atoms with E-state index in [4.69, 9.17) is 9.47 Å². The van der Waals surface area contributed by atoms with Gasteiger partial charge in [0.05, 0.1) is 19.4 Å². The van der Waals surface area contributed by atoms with Crippen molar-refractivity contribution < 1.29 is 32.2 Å². The molecular weight excluding hydrogens is 353 g/mol. The number of benzene rings is 1. The third-order valence-electron chi connectivity index (χ3n) is 4.94. The second-order valence-corrected chi connectivity index (χ2v) is 6.54. The normalized spacial score (nSPS) is 26.0. The van der Waals surface area contributed by atoms with Crippen molar-refractivity contribution in [1.29, 1.82) is 0 Å². The fraction of sp³-hybridized carbons (Fsp3) is 0.529. The molecule has 0 spiro atoms. The van der Waals surface area contributed by atoms with Crippen molar-refractivity contribution in [3.8, 4) is 5.75 Å². The predicted octanol–water partition coefficient (Wildman–Crippen LogP) is 2.55. The maximum atomic E-state index is 12.8. The average molecular weight is 372 g/mol. The number of anilines is 1. The first-order valence-electron chi connectivity index (χ1n) is 8.16. The molecule has 1 aliphatic heterocycles. The molecular formula is C17H19F3N2O4. The molecule has 1 heterocycles. The zero-order valence-corrected chi connectivity index (χ0v) is 14.3. The molecule has 0 bridgehead atoms. The summed E-state index contributed by atoms with van der Waals surface area (Å²) in [5.41, 5.74) is 0.146. The van der Waals surface area contributed by atoms with E-state index in [1.807, 2.05) is 0 Å². The fourth-order valence-corrected chi connectivity index (χ4v) is 3.94. The summed E-state index contributed by atoms with van der Waals surface area (Å²) >= 11 is 0. The zero-order chi connectivity index (χ0) is 19.1. The minimum atomic E-state index is -4.97. The number of hydrogen-bond acceptors (Lipinski definition) is 5. The quantitative estimate of drug-likeness (QED) is 0.777. The highest BCUT2D eigenvalue weighted by molar-refractivity contribution is 5.84. The van der Waals surface area contributed by atoms with E-state index in [1.165, 1.54) is 14.0 Å². The summed E-state index contributed by atoms with van der Waals surface area (Å²) in [6.45, 7) is 1.48. The van der Waals surface area contributed by atoms with Crippen molar-refractivity contribution in [3.05, 3.63) is 23.8 Å². The van der Waals surface area contributed by atoms with Crippen LogP contribution in [-0.2, 0) is 14.3 Å². The Labute approximate surface area is 148 Å². The number of carbonyl (C=O) groups excluding carboxylic acids is 2. The lowest BCUT2D eigenvalue weighted by atomic mass is 9.62.